The lowest BCUT2D eigenvalue weighted by molar-refractivity contribution is -0.167. The van der Waals surface area contributed by atoms with Crippen LogP contribution in [-0.4, -0.2) is 66.2 Å². The molecule has 2 aliphatic rings. The van der Waals surface area contributed by atoms with Gasteiger partial charge in [-0.05, 0) is 81.7 Å². The van der Waals surface area contributed by atoms with Gasteiger partial charge in [0.05, 0.1) is 0 Å². The fourth-order valence-electron chi connectivity index (χ4n) is 4.85. The summed E-state index contributed by atoms with van der Waals surface area (Å²) < 4.78 is 37.8. The minimum absolute atomic E-state index is 0.00750. The van der Waals surface area contributed by atoms with Crippen molar-refractivity contribution in [3.63, 3.8) is 0 Å². The van der Waals surface area contributed by atoms with Crippen molar-refractivity contribution in [3.05, 3.63) is 29.3 Å². The fourth-order valence-corrected chi connectivity index (χ4v) is 4.85. The molecule has 1 aromatic rings. The summed E-state index contributed by atoms with van der Waals surface area (Å²) >= 11 is 0. The first-order valence-corrected chi connectivity index (χ1v) is 11.9. The van der Waals surface area contributed by atoms with Crippen molar-refractivity contribution in [2.75, 3.05) is 31.5 Å². The van der Waals surface area contributed by atoms with E-state index in [0.29, 0.717) is 12.0 Å². The highest BCUT2D eigenvalue weighted by molar-refractivity contribution is 5.95. The van der Waals surface area contributed by atoms with E-state index >= 15 is 0 Å². The summed E-state index contributed by atoms with van der Waals surface area (Å²) in [7, 11) is 0. The molecule has 1 saturated heterocycles. The highest BCUT2D eigenvalue weighted by Crippen LogP contribution is 2.29. The monoisotopic (exact) mass is 468 g/mol. The summed E-state index contributed by atoms with van der Waals surface area (Å²) in [6.07, 6.45) is -0.322. The largest absolute Gasteiger partial charge is 0.471 e. The third kappa shape index (κ3) is 6.85. The van der Waals surface area contributed by atoms with E-state index < -0.39 is 12.1 Å². The Morgan fingerprint density at radius 3 is 2.45 bits per heavy atom. The summed E-state index contributed by atoms with van der Waals surface area (Å²) in [4.78, 5) is 27.9. The number of benzene rings is 1. The van der Waals surface area contributed by atoms with Crippen LogP contribution in [0.2, 0.25) is 0 Å². The second-order valence-corrected chi connectivity index (χ2v) is 9.45. The Kier molecular flexibility index (Phi) is 8.26. The number of hydrogen-bond acceptors (Lipinski definition) is 3. The van der Waals surface area contributed by atoms with Crippen molar-refractivity contribution < 1.29 is 22.8 Å². The highest BCUT2D eigenvalue weighted by atomic mass is 19.4. The van der Waals surface area contributed by atoms with Crippen LogP contribution in [0.3, 0.4) is 0 Å². The Balaban J connectivity index is 1.56. The molecule has 6 nitrogen and oxygen atoms in total. The molecule has 1 fully saturated rings. The van der Waals surface area contributed by atoms with E-state index in [9.17, 15) is 22.8 Å². The van der Waals surface area contributed by atoms with E-state index in [4.69, 9.17) is 0 Å². The van der Waals surface area contributed by atoms with Crippen LogP contribution in [0, 0.1) is 5.92 Å². The van der Waals surface area contributed by atoms with Crippen molar-refractivity contribution in [2.45, 2.75) is 71.1 Å². The number of nitrogens with one attached hydrogen (secondary N) is 2. The molecule has 0 radical (unpaired) electrons. The summed E-state index contributed by atoms with van der Waals surface area (Å²) in [5.41, 5.74) is 2.33. The van der Waals surface area contributed by atoms with Gasteiger partial charge in [-0.1, -0.05) is 13.0 Å². The molecule has 0 spiro atoms. The lowest BCUT2D eigenvalue weighted by Gasteiger charge is -2.39. The molecule has 9 heteroatoms. The fraction of sp³-hybridized carbons (Fsp3) is 0.667. The zero-order valence-corrected chi connectivity index (χ0v) is 19.7. The second kappa shape index (κ2) is 10.8. The Morgan fingerprint density at radius 1 is 1.15 bits per heavy atom. The minimum Gasteiger partial charge on any atom is -0.336 e. The van der Waals surface area contributed by atoms with E-state index in [0.717, 1.165) is 69.4 Å². The number of amides is 3. The first kappa shape index (κ1) is 25.3. The van der Waals surface area contributed by atoms with Crippen molar-refractivity contribution >= 4 is 17.6 Å². The third-order valence-corrected chi connectivity index (χ3v) is 6.65. The molecule has 3 rings (SSSR count). The van der Waals surface area contributed by atoms with Crippen LogP contribution in [0.25, 0.3) is 0 Å². The van der Waals surface area contributed by atoms with Gasteiger partial charge in [-0.2, -0.15) is 13.2 Å². The van der Waals surface area contributed by atoms with Crippen LogP contribution in [0.4, 0.5) is 23.7 Å². The molecule has 2 N–H and O–H groups in total. The van der Waals surface area contributed by atoms with Crippen LogP contribution in [-0.2, 0) is 17.6 Å². The lowest BCUT2D eigenvalue weighted by Crippen LogP contribution is -2.48. The number of carbonyl (C=O) groups excluding carboxylic acids is 2. The number of halogens is 3. The summed E-state index contributed by atoms with van der Waals surface area (Å²) in [5, 5.41) is 4.92. The van der Waals surface area contributed by atoms with Gasteiger partial charge in [0.1, 0.15) is 0 Å². The van der Waals surface area contributed by atoms with Gasteiger partial charge in [0.15, 0.2) is 0 Å². The summed E-state index contributed by atoms with van der Waals surface area (Å²) in [5.74, 6) is -1.43. The van der Waals surface area contributed by atoms with Crippen LogP contribution in [0.15, 0.2) is 18.2 Å². The first-order chi connectivity index (χ1) is 15.6. The van der Waals surface area contributed by atoms with Gasteiger partial charge in [0.25, 0.3) is 0 Å². The van der Waals surface area contributed by atoms with Gasteiger partial charge >= 0.3 is 18.1 Å². The molecule has 1 unspecified atom stereocenters. The van der Waals surface area contributed by atoms with Gasteiger partial charge in [-0.3, -0.25) is 4.79 Å². The van der Waals surface area contributed by atoms with E-state index in [2.05, 4.69) is 17.1 Å². The summed E-state index contributed by atoms with van der Waals surface area (Å²) in [6.45, 7) is 9.44. The van der Waals surface area contributed by atoms with Crippen molar-refractivity contribution in [3.8, 4) is 0 Å². The van der Waals surface area contributed by atoms with Crippen molar-refractivity contribution in [2.24, 2.45) is 5.92 Å². The maximum Gasteiger partial charge on any atom is 0.471 e. The number of hydrogen-bond donors (Lipinski definition) is 2. The van der Waals surface area contributed by atoms with Crippen LogP contribution in [0.5, 0.6) is 0 Å². The Labute approximate surface area is 193 Å². The smallest absolute Gasteiger partial charge is 0.336 e. The van der Waals surface area contributed by atoms with Crippen molar-refractivity contribution in [1.29, 1.82) is 0 Å². The molecular formula is C24H35F3N4O2. The molecule has 1 aliphatic heterocycles. The van der Waals surface area contributed by atoms with Gasteiger partial charge in [0, 0.05) is 37.4 Å². The van der Waals surface area contributed by atoms with Gasteiger partial charge in [0.2, 0.25) is 0 Å². The number of nitrogens with zero attached hydrogens (tertiary/aromatic N) is 2. The standard InChI is InChI=1S/C24H35F3N4O2/c1-4-30(15-17-9-11-31(12-10-17)23(33)28-16(2)3)21-8-6-18-5-7-20(13-19(18)14-21)29-22(32)24(25,26)27/h5,7,13,16-17,21H,4,6,8-12,14-15H2,1-3H3,(H,28,33)(H,29,32). The lowest BCUT2D eigenvalue weighted by atomic mass is 9.86. The SMILES string of the molecule is CCN(CC1CCN(C(=O)NC(C)C)CC1)C1CCc2ccc(NC(=O)C(F)(F)F)cc2C1. The molecule has 0 saturated carbocycles. The quantitative estimate of drug-likeness (QED) is 0.658. The average molecular weight is 469 g/mol. The number of likely N-dealkylation sites (tertiary alicyclic amines) is 1. The molecule has 184 valence electrons. The van der Waals surface area contributed by atoms with Crippen LogP contribution >= 0.6 is 0 Å². The normalized spacial score (nSPS) is 19.5. The molecule has 3 amide bonds. The van der Waals surface area contributed by atoms with Gasteiger partial charge in [-0.15, -0.1) is 0 Å². The number of piperidine rings is 1. The molecule has 0 aromatic heterocycles. The Morgan fingerprint density at radius 2 is 1.85 bits per heavy atom. The number of alkyl halides is 3. The Bertz CT molecular complexity index is 835. The second-order valence-electron chi connectivity index (χ2n) is 9.45. The maximum absolute atomic E-state index is 12.6. The van der Waals surface area contributed by atoms with Gasteiger partial charge < -0.3 is 20.4 Å². The van der Waals surface area contributed by atoms with Crippen molar-refractivity contribution in [1.82, 2.24) is 15.1 Å². The predicted molar refractivity (Wildman–Crippen MR) is 122 cm³/mol. The number of likely N-dealkylation sites (N-methyl/N-ethyl adjacent to an activating group) is 1. The van der Waals surface area contributed by atoms with E-state index in [-0.39, 0.29) is 17.8 Å². The topological polar surface area (TPSA) is 64.7 Å². The molecule has 1 heterocycles. The van der Waals surface area contributed by atoms with Crippen LogP contribution in [0.1, 0.15) is 51.2 Å². The highest BCUT2D eigenvalue weighted by Gasteiger charge is 2.38. The molecular weight excluding hydrogens is 433 g/mol. The van der Waals surface area contributed by atoms with Crippen LogP contribution < -0.4 is 10.6 Å². The molecule has 0 bridgehead atoms. The zero-order chi connectivity index (χ0) is 24.2. The number of anilines is 1. The molecule has 33 heavy (non-hydrogen) atoms. The summed E-state index contributed by atoms with van der Waals surface area (Å²) in [6, 6.07) is 5.51. The number of fused-ring (bicyclic) bond motifs is 1. The maximum atomic E-state index is 12.6. The number of urea groups is 1. The number of aryl methyl sites for hydroxylation is 1. The molecule has 1 aliphatic carbocycles. The Hall–Kier alpha value is -2.29. The molecule has 1 atom stereocenters. The van der Waals surface area contributed by atoms with E-state index in [1.165, 1.54) is 0 Å². The average Bonchev–Trinajstić information content (AvgIpc) is 2.76. The third-order valence-electron chi connectivity index (χ3n) is 6.65. The predicted octanol–water partition coefficient (Wildman–Crippen LogP) is 4.20. The number of rotatable bonds is 6. The van der Waals surface area contributed by atoms with E-state index in [1.807, 2.05) is 30.1 Å². The minimum atomic E-state index is -4.90. The number of carbonyl (C=O) groups is 2. The molecule has 1 aromatic carbocycles. The zero-order valence-electron chi connectivity index (χ0n) is 19.7. The van der Waals surface area contributed by atoms with Gasteiger partial charge in [-0.25, -0.2) is 4.79 Å². The first-order valence-electron chi connectivity index (χ1n) is 11.9. The van der Waals surface area contributed by atoms with E-state index in [1.54, 1.807) is 12.1 Å².